The van der Waals surface area contributed by atoms with Gasteiger partial charge in [-0.25, -0.2) is 0 Å². The Morgan fingerprint density at radius 2 is 1.75 bits per heavy atom. The third-order valence-electron chi connectivity index (χ3n) is 3.57. The van der Waals surface area contributed by atoms with Crippen molar-refractivity contribution >= 4 is 11.8 Å². The molecule has 0 spiro atoms. The zero-order valence-corrected chi connectivity index (χ0v) is 12.4. The predicted molar refractivity (Wildman–Crippen MR) is 67.8 cm³/mol. The molecular weight excluding hydrogens is 273 g/mol. The van der Waals surface area contributed by atoms with Gasteiger partial charge < -0.3 is 10.2 Å². The van der Waals surface area contributed by atoms with Gasteiger partial charge in [0.15, 0.2) is 0 Å². The fourth-order valence-corrected chi connectivity index (χ4v) is 2.43. The molecule has 116 valence electrons. The van der Waals surface area contributed by atoms with Crippen LogP contribution in [0.5, 0.6) is 0 Å². The van der Waals surface area contributed by atoms with Gasteiger partial charge in [0.1, 0.15) is 18.1 Å². The average Bonchev–Trinajstić information content (AvgIpc) is 2.21. The summed E-state index contributed by atoms with van der Waals surface area (Å²) in [4.78, 5) is 25.2. The lowest BCUT2D eigenvalue weighted by molar-refractivity contribution is -0.182. The first-order valence-electron chi connectivity index (χ1n) is 6.51. The molecule has 0 aromatic heterocycles. The summed E-state index contributed by atoms with van der Waals surface area (Å²) >= 11 is 0. The number of alkyl halides is 3. The molecule has 2 unspecified atom stereocenters. The molecular formula is C13H21F3N2O2. The van der Waals surface area contributed by atoms with E-state index in [4.69, 9.17) is 0 Å². The molecule has 0 aliphatic carbocycles. The van der Waals surface area contributed by atoms with Crippen molar-refractivity contribution in [3.05, 3.63) is 0 Å². The van der Waals surface area contributed by atoms with Gasteiger partial charge in [0.05, 0.1) is 0 Å². The van der Waals surface area contributed by atoms with E-state index < -0.39 is 41.5 Å². The molecule has 4 nitrogen and oxygen atoms in total. The van der Waals surface area contributed by atoms with Gasteiger partial charge in [-0.15, -0.1) is 0 Å². The molecule has 7 heteroatoms. The molecule has 0 aromatic carbocycles. The third kappa shape index (κ3) is 3.24. The molecule has 1 rings (SSSR count). The summed E-state index contributed by atoms with van der Waals surface area (Å²) < 4.78 is 38.2. The fourth-order valence-electron chi connectivity index (χ4n) is 2.43. The second-order valence-corrected chi connectivity index (χ2v) is 6.49. The van der Waals surface area contributed by atoms with Gasteiger partial charge in [0.25, 0.3) is 0 Å². The van der Waals surface area contributed by atoms with Gasteiger partial charge in [-0.05, 0) is 18.8 Å². The first kappa shape index (κ1) is 16.8. The quantitative estimate of drug-likeness (QED) is 0.848. The van der Waals surface area contributed by atoms with Crippen LogP contribution in [0.15, 0.2) is 0 Å². The summed E-state index contributed by atoms with van der Waals surface area (Å²) in [5, 5.41) is 2.57. The van der Waals surface area contributed by atoms with Crippen molar-refractivity contribution in [2.24, 2.45) is 5.41 Å². The summed E-state index contributed by atoms with van der Waals surface area (Å²) in [5.74, 6) is -1.22. The van der Waals surface area contributed by atoms with Crippen LogP contribution in [0.25, 0.3) is 0 Å². The molecule has 1 N–H and O–H groups in total. The highest BCUT2D eigenvalue weighted by Gasteiger charge is 2.53. The lowest BCUT2D eigenvalue weighted by Gasteiger charge is -2.48. The first-order valence-corrected chi connectivity index (χ1v) is 6.51. The minimum Gasteiger partial charge on any atom is -0.340 e. The number of amides is 2. The van der Waals surface area contributed by atoms with Crippen LogP contribution in [0.1, 0.15) is 41.0 Å². The van der Waals surface area contributed by atoms with Crippen LogP contribution in [-0.4, -0.2) is 41.0 Å². The Hall–Kier alpha value is -1.27. The van der Waals surface area contributed by atoms with Gasteiger partial charge in [-0.1, -0.05) is 27.7 Å². The minimum absolute atomic E-state index is 0.239. The number of piperazine rings is 1. The molecule has 0 bridgehead atoms. The van der Waals surface area contributed by atoms with E-state index in [0.717, 1.165) is 0 Å². The number of carbonyl (C=O) groups is 2. The Morgan fingerprint density at radius 3 is 2.10 bits per heavy atom. The van der Waals surface area contributed by atoms with E-state index in [2.05, 4.69) is 5.32 Å². The van der Waals surface area contributed by atoms with Gasteiger partial charge >= 0.3 is 6.18 Å². The first-order chi connectivity index (χ1) is 8.82. The molecule has 0 radical (unpaired) electrons. The molecule has 1 fully saturated rings. The molecule has 0 saturated carbocycles. The van der Waals surface area contributed by atoms with E-state index >= 15 is 0 Å². The van der Waals surface area contributed by atoms with Crippen molar-refractivity contribution in [1.82, 2.24) is 10.2 Å². The van der Waals surface area contributed by atoms with Crippen LogP contribution >= 0.6 is 0 Å². The van der Waals surface area contributed by atoms with Crippen molar-refractivity contribution in [2.45, 2.75) is 58.8 Å². The SMILES string of the molecule is CCC1(C)NC(=O)C(C(C)(C)C)N(CC(F)(F)F)C1=O. The van der Waals surface area contributed by atoms with Crippen molar-refractivity contribution in [2.75, 3.05) is 6.54 Å². The van der Waals surface area contributed by atoms with E-state index in [-0.39, 0.29) is 6.42 Å². The lowest BCUT2D eigenvalue weighted by Crippen LogP contribution is -2.72. The zero-order valence-electron chi connectivity index (χ0n) is 12.4. The lowest BCUT2D eigenvalue weighted by atomic mass is 9.80. The van der Waals surface area contributed by atoms with Crippen LogP contribution in [0.4, 0.5) is 13.2 Å². The topological polar surface area (TPSA) is 49.4 Å². The number of carbonyl (C=O) groups excluding carboxylic acids is 2. The van der Waals surface area contributed by atoms with E-state index in [0.29, 0.717) is 4.90 Å². The van der Waals surface area contributed by atoms with Gasteiger partial charge in [-0.2, -0.15) is 13.2 Å². The number of hydrogen-bond donors (Lipinski definition) is 1. The highest BCUT2D eigenvalue weighted by atomic mass is 19.4. The molecule has 1 heterocycles. The molecule has 20 heavy (non-hydrogen) atoms. The van der Waals surface area contributed by atoms with Crippen molar-refractivity contribution < 1.29 is 22.8 Å². The number of halogens is 3. The summed E-state index contributed by atoms with van der Waals surface area (Å²) in [7, 11) is 0. The summed E-state index contributed by atoms with van der Waals surface area (Å²) in [5.41, 5.74) is -2.05. The standard InChI is InChI=1S/C13H21F3N2O2/c1-6-12(5)10(20)18(7-13(14,15)16)8(9(19)17-12)11(2,3)4/h8H,6-7H2,1-5H3,(H,17,19). The number of nitrogens with zero attached hydrogens (tertiary/aromatic N) is 1. The summed E-state index contributed by atoms with van der Waals surface area (Å²) in [6, 6.07) is -1.13. The fraction of sp³-hybridized carbons (Fsp3) is 0.846. The smallest absolute Gasteiger partial charge is 0.340 e. The second-order valence-electron chi connectivity index (χ2n) is 6.49. The maximum Gasteiger partial charge on any atom is 0.406 e. The van der Waals surface area contributed by atoms with Crippen LogP contribution in [0, 0.1) is 5.41 Å². The zero-order chi connectivity index (χ0) is 15.9. The van der Waals surface area contributed by atoms with Crippen LogP contribution in [-0.2, 0) is 9.59 Å². The van der Waals surface area contributed by atoms with E-state index in [1.54, 1.807) is 27.7 Å². The molecule has 0 aromatic rings. The molecule has 2 amide bonds. The summed E-state index contributed by atoms with van der Waals surface area (Å²) in [6.07, 6.45) is -4.30. The van der Waals surface area contributed by atoms with E-state index in [1.807, 2.05) is 0 Å². The Morgan fingerprint density at radius 1 is 1.25 bits per heavy atom. The van der Waals surface area contributed by atoms with Gasteiger partial charge in [0, 0.05) is 0 Å². The molecule has 2 atom stereocenters. The van der Waals surface area contributed by atoms with E-state index in [9.17, 15) is 22.8 Å². The highest BCUT2D eigenvalue weighted by Crippen LogP contribution is 2.33. The Labute approximate surface area is 116 Å². The van der Waals surface area contributed by atoms with Crippen LogP contribution in [0.3, 0.4) is 0 Å². The minimum atomic E-state index is -4.54. The number of hydrogen-bond acceptors (Lipinski definition) is 2. The van der Waals surface area contributed by atoms with E-state index in [1.165, 1.54) is 6.92 Å². The average molecular weight is 294 g/mol. The molecule has 1 aliphatic rings. The highest BCUT2D eigenvalue weighted by molar-refractivity contribution is 6.00. The number of rotatable bonds is 2. The Kier molecular flexibility index (Phi) is 4.14. The second kappa shape index (κ2) is 4.93. The van der Waals surface area contributed by atoms with Crippen molar-refractivity contribution in [1.29, 1.82) is 0 Å². The predicted octanol–water partition coefficient (Wildman–Crippen LogP) is 2.09. The normalized spacial score (nSPS) is 28.6. The molecule has 1 aliphatic heterocycles. The van der Waals surface area contributed by atoms with Crippen molar-refractivity contribution in [3.63, 3.8) is 0 Å². The number of nitrogens with one attached hydrogen (secondary N) is 1. The maximum atomic E-state index is 12.7. The maximum absolute atomic E-state index is 12.7. The largest absolute Gasteiger partial charge is 0.406 e. The van der Waals surface area contributed by atoms with Crippen LogP contribution in [0.2, 0.25) is 0 Å². The Bertz CT molecular complexity index is 415. The monoisotopic (exact) mass is 294 g/mol. The van der Waals surface area contributed by atoms with Gasteiger partial charge in [-0.3, -0.25) is 9.59 Å². The molecule has 1 saturated heterocycles. The summed E-state index contributed by atoms with van der Waals surface area (Å²) in [6.45, 7) is 6.63. The van der Waals surface area contributed by atoms with Crippen molar-refractivity contribution in [3.8, 4) is 0 Å². The van der Waals surface area contributed by atoms with Gasteiger partial charge in [0.2, 0.25) is 11.8 Å². The Balaban J connectivity index is 3.25. The third-order valence-corrected chi connectivity index (χ3v) is 3.57. The van der Waals surface area contributed by atoms with Crippen LogP contribution < -0.4 is 5.32 Å².